The van der Waals surface area contributed by atoms with Crippen LogP contribution in [0, 0.1) is 6.92 Å². The average molecular weight is 281 g/mol. The summed E-state index contributed by atoms with van der Waals surface area (Å²) >= 11 is 0. The summed E-state index contributed by atoms with van der Waals surface area (Å²) in [5.74, 6) is 0.514. The van der Waals surface area contributed by atoms with E-state index in [1.165, 1.54) is 10.9 Å². The molecule has 0 aliphatic carbocycles. The fraction of sp³-hybridized carbons (Fsp3) is 0.364. The van der Waals surface area contributed by atoms with Crippen LogP contribution in [0.2, 0.25) is 0 Å². The molecule has 0 aliphatic heterocycles. The van der Waals surface area contributed by atoms with Gasteiger partial charge in [-0.1, -0.05) is 6.07 Å². The molecule has 2 N–H and O–H groups in total. The lowest BCUT2D eigenvalue weighted by molar-refractivity contribution is 0.581. The van der Waals surface area contributed by atoms with Crippen molar-refractivity contribution in [3.63, 3.8) is 0 Å². The van der Waals surface area contributed by atoms with E-state index in [0.29, 0.717) is 11.5 Å². The molecular weight excluding hydrogens is 266 g/mol. The highest BCUT2D eigenvalue weighted by Crippen LogP contribution is 2.23. The largest absolute Gasteiger partial charge is 0.399 e. The molecule has 19 heavy (non-hydrogen) atoms. The van der Waals surface area contributed by atoms with Crippen LogP contribution < -0.4 is 5.73 Å². The van der Waals surface area contributed by atoms with Crippen LogP contribution in [-0.2, 0) is 16.4 Å². The second-order valence-corrected chi connectivity index (χ2v) is 6.69. The van der Waals surface area contributed by atoms with Gasteiger partial charge in [-0.05, 0) is 35.0 Å². The van der Waals surface area contributed by atoms with E-state index in [9.17, 15) is 8.42 Å². The molecule has 8 heteroatoms. The SMILES string of the molecule is Cc1ccc(N)cc1-c1nnnn1CCS(C)(=O)=O. The molecule has 0 radical (unpaired) electrons. The second kappa shape index (κ2) is 4.96. The van der Waals surface area contributed by atoms with Gasteiger partial charge in [0.15, 0.2) is 5.82 Å². The van der Waals surface area contributed by atoms with E-state index in [1.807, 2.05) is 13.0 Å². The summed E-state index contributed by atoms with van der Waals surface area (Å²) in [4.78, 5) is 0. The Morgan fingerprint density at radius 3 is 2.79 bits per heavy atom. The van der Waals surface area contributed by atoms with Crippen molar-refractivity contribution in [2.75, 3.05) is 17.7 Å². The highest BCUT2D eigenvalue weighted by molar-refractivity contribution is 7.90. The third-order valence-corrected chi connectivity index (χ3v) is 3.63. The van der Waals surface area contributed by atoms with E-state index in [4.69, 9.17) is 5.73 Å². The minimum atomic E-state index is -3.06. The Balaban J connectivity index is 2.36. The van der Waals surface area contributed by atoms with Crippen molar-refractivity contribution in [1.82, 2.24) is 20.2 Å². The zero-order valence-corrected chi connectivity index (χ0v) is 11.6. The van der Waals surface area contributed by atoms with Crippen LogP contribution in [0.25, 0.3) is 11.4 Å². The van der Waals surface area contributed by atoms with E-state index < -0.39 is 9.84 Å². The molecule has 1 heterocycles. The number of hydrogen-bond acceptors (Lipinski definition) is 6. The van der Waals surface area contributed by atoms with Gasteiger partial charge >= 0.3 is 0 Å². The van der Waals surface area contributed by atoms with Crippen molar-refractivity contribution < 1.29 is 8.42 Å². The van der Waals surface area contributed by atoms with Gasteiger partial charge < -0.3 is 5.73 Å². The molecule has 1 aromatic carbocycles. The first-order valence-electron chi connectivity index (χ1n) is 5.67. The van der Waals surface area contributed by atoms with Crippen LogP contribution in [0.5, 0.6) is 0 Å². The number of nitrogen functional groups attached to an aromatic ring is 1. The van der Waals surface area contributed by atoms with Gasteiger partial charge in [0.2, 0.25) is 0 Å². The summed E-state index contributed by atoms with van der Waals surface area (Å²) in [6, 6.07) is 5.45. The molecule has 2 rings (SSSR count). The number of anilines is 1. The molecule has 0 amide bonds. The molecule has 0 saturated carbocycles. The van der Waals surface area contributed by atoms with E-state index in [0.717, 1.165) is 11.1 Å². The fourth-order valence-electron chi connectivity index (χ4n) is 1.68. The van der Waals surface area contributed by atoms with Crippen LogP contribution in [-0.4, -0.2) is 40.6 Å². The second-order valence-electron chi connectivity index (χ2n) is 4.43. The van der Waals surface area contributed by atoms with Gasteiger partial charge in [0.25, 0.3) is 0 Å². The quantitative estimate of drug-likeness (QED) is 0.807. The summed E-state index contributed by atoms with van der Waals surface area (Å²) in [7, 11) is -3.06. The summed E-state index contributed by atoms with van der Waals surface area (Å²) in [6.45, 7) is 2.14. The maximum absolute atomic E-state index is 11.2. The fourth-order valence-corrected chi connectivity index (χ4v) is 2.19. The predicted octanol–water partition coefficient (Wildman–Crippen LogP) is 0.275. The van der Waals surface area contributed by atoms with E-state index in [-0.39, 0.29) is 12.3 Å². The van der Waals surface area contributed by atoms with Gasteiger partial charge in [-0.3, -0.25) is 0 Å². The zero-order chi connectivity index (χ0) is 14.0. The van der Waals surface area contributed by atoms with Crippen molar-refractivity contribution in [2.45, 2.75) is 13.5 Å². The Morgan fingerprint density at radius 2 is 2.11 bits per heavy atom. The number of nitrogens with zero attached hydrogens (tertiary/aromatic N) is 4. The van der Waals surface area contributed by atoms with Crippen LogP contribution in [0.1, 0.15) is 5.56 Å². The van der Waals surface area contributed by atoms with E-state index in [2.05, 4.69) is 15.5 Å². The highest BCUT2D eigenvalue weighted by atomic mass is 32.2. The maximum atomic E-state index is 11.2. The first kappa shape index (κ1) is 13.5. The molecule has 2 aromatic rings. The van der Waals surface area contributed by atoms with Gasteiger partial charge in [0.1, 0.15) is 9.84 Å². The van der Waals surface area contributed by atoms with Crippen molar-refractivity contribution in [2.24, 2.45) is 0 Å². The number of sulfone groups is 1. The first-order valence-corrected chi connectivity index (χ1v) is 7.73. The lowest BCUT2D eigenvalue weighted by atomic mass is 10.1. The normalized spacial score (nSPS) is 11.7. The number of rotatable bonds is 4. The predicted molar refractivity (Wildman–Crippen MR) is 72.1 cm³/mol. The molecule has 1 aromatic heterocycles. The third kappa shape index (κ3) is 3.28. The molecular formula is C11H15N5O2S. The van der Waals surface area contributed by atoms with Crippen LogP contribution in [0.15, 0.2) is 18.2 Å². The van der Waals surface area contributed by atoms with Crippen LogP contribution >= 0.6 is 0 Å². The maximum Gasteiger partial charge on any atom is 0.182 e. The molecule has 0 aliphatic rings. The third-order valence-electron chi connectivity index (χ3n) is 2.71. The number of aryl methyl sites for hydroxylation is 2. The number of hydrogen-bond donors (Lipinski definition) is 1. The lowest BCUT2D eigenvalue weighted by Crippen LogP contribution is -2.13. The smallest absolute Gasteiger partial charge is 0.182 e. The molecule has 0 fully saturated rings. The minimum Gasteiger partial charge on any atom is -0.399 e. The average Bonchev–Trinajstić information content (AvgIpc) is 2.77. The Labute approximate surface area is 111 Å². The van der Waals surface area contributed by atoms with Gasteiger partial charge in [-0.25, -0.2) is 13.1 Å². The van der Waals surface area contributed by atoms with Crippen molar-refractivity contribution in [1.29, 1.82) is 0 Å². The number of tetrazole rings is 1. The van der Waals surface area contributed by atoms with Gasteiger partial charge in [0, 0.05) is 17.5 Å². The van der Waals surface area contributed by atoms with Crippen LogP contribution in [0.4, 0.5) is 5.69 Å². The molecule has 0 atom stereocenters. The molecule has 7 nitrogen and oxygen atoms in total. The zero-order valence-electron chi connectivity index (χ0n) is 10.7. The Kier molecular flexibility index (Phi) is 3.52. The van der Waals surface area contributed by atoms with Gasteiger partial charge in [0.05, 0.1) is 12.3 Å². The summed E-state index contributed by atoms with van der Waals surface area (Å²) in [5.41, 5.74) is 8.14. The van der Waals surface area contributed by atoms with Crippen molar-refractivity contribution in [3.05, 3.63) is 23.8 Å². The van der Waals surface area contributed by atoms with Gasteiger partial charge in [-0.15, -0.1) is 5.10 Å². The molecule has 0 bridgehead atoms. The monoisotopic (exact) mass is 281 g/mol. The molecule has 102 valence electrons. The van der Waals surface area contributed by atoms with Gasteiger partial charge in [-0.2, -0.15) is 0 Å². The Morgan fingerprint density at radius 1 is 1.37 bits per heavy atom. The summed E-state index contributed by atoms with van der Waals surface area (Å²) in [5, 5.41) is 11.4. The van der Waals surface area contributed by atoms with Crippen molar-refractivity contribution in [3.8, 4) is 11.4 Å². The highest BCUT2D eigenvalue weighted by Gasteiger charge is 2.13. The topological polar surface area (TPSA) is 104 Å². The van der Waals surface area contributed by atoms with Crippen LogP contribution in [0.3, 0.4) is 0 Å². The van der Waals surface area contributed by atoms with E-state index >= 15 is 0 Å². The lowest BCUT2D eigenvalue weighted by Gasteiger charge is -2.07. The molecule has 0 unspecified atom stereocenters. The molecule has 0 spiro atoms. The molecule has 0 saturated heterocycles. The minimum absolute atomic E-state index is 0.00754. The summed E-state index contributed by atoms with van der Waals surface area (Å²) in [6.07, 6.45) is 1.18. The summed E-state index contributed by atoms with van der Waals surface area (Å²) < 4.78 is 23.9. The van der Waals surface area contributed by atoms with E-state index in [1.54, 1.807) is 12.1 Å². The Bertz CT molecular complexity index is 693. The standard InChI is InChI=1S/C11H15N5O2S/c1-8-3-4-9(12)7-10(8)11-13-14-15-16(11)5-6-19(2,17)18/h3-4,7H,5-6,12H2,1-2H3. The number of nitrogens with two attached hydrogens (primary N) is 1. The number of benzene rings is 1. The number of aromatic nitrogens is 4. The first-order chi connectivity index (χ1) is 8.87. The Hall–Kier alpha value is -1.96. The van der Waals surface area contributed by atoms with Crippen molar-refractivity contribution >= 4 is 15.5 Å².